The average Bonchev–Trinajstić information content (AvgIpc) is 2.64. The van der Waals surface area contributed by atoms with Gasteiger partial charge in [0.15, 0.2) is 0 Å². The van der Waals surface area contributed by atoms with E-state index < -0.39 is 0 Å². The van der Waals surface area contributed by atoms with E-state index in [4.69, 9.17) is 4.74 Å². The lowest BCUT2D eigenvalue weighted by atomic mass is 9.93. The van der Waals surface area contributed by atoms with Crippen molar-refractivity contribution in [2.45, 2.75) is 39.2 Å². The Morgan fingerprint density at radius 2 is 2.00 bits per heavy atom. The first kappa shape index (κ1) is 19.3. The molecule has 1 aliphatic heterocycles. The molecule has 1 saturated heterocycles. The predicted molar refractivity (Wildman–Crippen MR) is 104 cm³/mol. The molecule has 0 bridgehead atoms. The molecule has 1 N–H and O–H groups in total. The average molecular weight is 371 g/mol. The van der Waals surface area contributed by atoms with E-state index >= 15 is 0 Å². The Kier molecular flexibility index (Phi) is 5.75. The maximum atomic E-state index is 13.5. The number of halogens is 1. The minimum atomic E-state index is -0.385. The molecule has 0 aliphatic carbocycles. The van der Waals surface area contributed by atoms with Crippen LogP contribution in [0.1, 0.15) is 32.3 Å². The number of hydrogen-bond donors (Lipinski definition) is 1. The van der Waals surface area contributed by atoms with Crippen LogP contribution < -0.4 is 5.32 Å². The van der Waals surface area contributed by atoms with Gasteiger partial charge >= 0.3 is 6.03 Å². The number of aryl methyl sites for hydroxylation is 1. The maximum Gasteiger partial charge on any atom is 0.321 e. The zero-order valence-corrected chi connectivity index (χ0v) is 16.1. The number of nitrogens with zero attached hydrogens (tertiary/aromatic N) is 2. The van der Waals surface area contributed by atoms with Gasteiger partial charge in [0.2, 0.25) is 0 Å². The van der Waals surface area contributed by atoms with Gasteiger partial charge in [-0.05, 0) is 56.9 Å². The van der Waals surface area contributed by atoms with Gasteiger partial charge in [-0.1, -0.05) is 12.1 Å². The maximum absolute atomic E-state index is 13.5. The highest BCUT2D eigenvalue weighted by molar-refractivity contribution is 5.91. The van der Waals surface area contributed by atoms with Gasteiger partial charge in [-0.2, -0.15) is 0 Å². The van der Waals surface area contributed by atoms with Crippen LogP contribution in [-0.2, 0) is 4.74 Å². The van der Waals surface area contributed by atoms with Gasteiger partial charge in [0.25, 0.3) is 0 Å². The molecule has 6 heteroatoms. The largest absolute Gasteiger partial charge is 0.375 e. The van der Waals surface area contributed by atoms with Gasteiger partial charge in [0.1, 0.15) is 5.82 Å². The Bertz CT molecular complexity index is 817. The molecular formula is C21H26FN3O2. The molecule has 5 nitrogen and oxygen atoms in total. The zero-order chi connectivity index (χ0) is 19.4. The number of anilines is 1. The van der Waals surface area contributed by atoms with Crippen LogP contribution in [0.5, 0.6) is 0 Å². The van der Waals surface area contributed by atoms with E-state index in [0.717, 1.165) is 29.7 Å². The number of likely N-dealkylation sites (tertiary alicyclic amines) is 1. The summed E-state index contributed by atoms with van der Waals surface area (Å²) in [5.74, 6) is -0.385. The summed E-state index contributed by atoms with van der Waals surface area (Å²) in [6.45, 7) is 8.04. The molecule has 0 unspecified atom stereocenters. The number of urea groups is 1. The van der Waals surface area contributed by atoms with Crippen molar-refractivity contribution in [2.75, 3.05) is 25.0 Å². The molecule has 144 valence electrons. The number of piperidine rings is 1. The number of aromatic nitrogens is 1. The van der Waals surface area contributed by atoms with E-state index in [0.29, 0.717) is 25.3 Å². The van der Waals surface area contributed by atoms with Crippen molar-refractivity contribution in [3.8, 4) is 11.1 Å². The molecule has 0 radical (unpaired) electrons. The van der Waals surface area contributed by atoms with Crippen molar-refractivity contribution in [2.24, 2.45) is 0 Å². The normalized spacial score (nSPS) is 16.2. The van der Waals surface area contributed by atoms with Gasteiger partial charge in [-0.25, -0.2) is 9.18 Å². The second-order valence-electron chi connectivity index (χ2n) is 7.22. The van der Waals surface area contributed by atoms with Gasteiger partial charge < -0.3 is 15.0 Å². The van der Waals surface area contributed by atoms with Crippen molar-refractivity contribution in [1.29, 1.82) is 0 Å². The number of benzene rings is 1. The summed E-state index contributed by atoms with van der Waals surface area (Å²) in [5, 5.41) is 3.00. The highest BCUT2D eigenvalue weighted by Gasteiger charge is 2.32. The Morgan fingerprint density at radius 3 is 2.67 bits per heavy atom. The molecule has 0 spiro atoms. The summed E-state index contributed by atoms with van der Waals surface area (Å²) in [7, 11) is 0. The number of carbonyl (C=O) groups excluding carboxylic acids is 1. The molecule has 1 aromatic heterocycles. The van der Waals surface area contributed by atoms with Crippen molar-refractivity contribution in [3.05, 3.63) is 48.0 Å². The first-order chi connectivity index (χ1) is 12.9. The Morgan fingerprint density at radius 1 is 1.26 bits per heavy atom. The molecule has 1 aliphatic rings. The number of amides is 2. The standard InChI is InChI=1S/C21H26FN3O2/c1-4-27-21(3)7-9-25(10-8-21)20(26)24-19-12-16(6-5-15(19)2)17-11-18(22)14-23-13-17/h5-6,11-14H,4,7-10H2,1-3H3,(H,24,26). The molecule has 2 heterocycles. The number of hydrogen-bond acceptors (Lipinski definition) is 3. The third-order valence-electron chi connectivity index (χ3n) is 5.12. The molecule has 27 heavy (non-hydrogen) atoms. The van der Waals surface area contributed by atoms with E-state index in [1.807, 2.05) is 36.9 Å². The molecule has 0 atom stereocenters. The summed E-state index contributed by atoms with van der Waals surface area (Å²) in [6, 6.07) is 6.99. The first-order valence-electron chi connectivity index (χ1n) is 9.32. The Labute approximate surface area is 159 Å². The monoisotopic (exact) mass is 371 g/mol. The summed E-state index contributed by atoms with van der Waals surface area (Å²) in [5.41, 5.74) is 3.01. The highest BCUT2D eigenvalue weighted by atomic mass is 19.1. The van der Waals surface area contributed by atoms with Crippen molar-refractivity contribution >= 4 is 11.7 Å². The van der Waals surface area contributed by atoms with E-state index in [1.54, 1.807) is 6.20 Å². The molecule has 0 saturated carbocycles. The van der Waals surface area contributed by atoms with Crippen LogP contribution in [0, 0.1) is 12.7 Å². The molecule has 1 aromatic carbocycles. The van der Waals surface area contributed by atoms with Crippen LogP contribution in [0.25, 0.3) is 11.1 Å². The second-order valence-corrected chi connectivity index (χ2v) is 7.22. The fourth-order valence-electron chi connectivity index (χ4n) is 3.38. The van der Waals surface area contributed by atoms with Crippen molar-refractivity contribution < 1.29 is 13.9 Å². The zero-order valence-electron chi connectivity index (χ0n) is 16.1. The number of ether oxygens (including phenoxy) is 1. The highest BCUT2D eigenvalue weighted by Crippen LogP contribution is 2.28. The first-order valence-corrected chi connectivity index (χ1v) is 9.32. The SMILES string of the molecule is CCOC1(C)CCN(C(=O)Nc2cc(-c3cncc(F)c3)ccc2C)CC1. The number of carbonyl (C=O) groups is 1. The minimum Gasteiger partial charge on any atom is -0.375 e. The van der Waals surface area contributed by atoms with Crippen molar-refractivity contribution in [3.63, 3.8) is 0 Å². The van der Waals surface area contributed by atoms with Crippen LogP contribution in [0.15, 0.2) is 36.7 Å². The van der Waals surface area contributed by atoms with E-state index in [9.17, 15) is 9.18 Å². The molecule has 2 aromatic rings. The lowest BCUT2D eigenvalue weighted by Crippen LogP contribution is -2.47. The third-order valence-corrected chi connectivity index (χ3v) is 5.12. The Balaban J connectivity index is 1.70. The van der Waals surface area contributed by atoms with Crippen LogP contribution in [0.3, 0.4) is 0 Å². The van der Waals surface area contributed by atoms with Gasteiger partial charge in [0, 0.05) is 37.1 Å². The molecular weight excluding hydrogens is 345 g/mol. The van der Waals surface area contributed by atoms with Crippen LogP contribution in [0.4, 0.5) is 14.9 Å². The second kappa shape index (κ2) is 8.05. The van der Waals surface area contributed by atoms with E-state index in [-0.39, 0.29) is 17.4 Å². The topological polar surface area (TPSA) is 54.5 Å². The fourth-order valence-corrected chi connectivity index (χ4v) is 3.38. The fraction of sp³-hybridized carbons (Fsp3) is 0.429. The minimum absolute atomic E-state index is 0.119. The number of nitrogens with one attached hydrogen (secondary N) is 1. The lowest BCUT2D eigenvalue weighted by Gasteiger charge is -2.39. The van der Waals surface area contributed by atoms with Crippen LogP contribution in [0.2, 0.25) is 0 Å². The lowest BCUT2D eigenvalue weighted by molar-refractivity contribution is -0.0589. The van der Waals surface area contributed by atoms with E-state index in [1.165, 1.54) is 12.3 Å². The summed E-state index contributed by atoms with van der Waals surface area (Å²) in [6.07, 6.45) is 4.43. The molecule has 2 amide bonds. The van der Waals surface area contributed by atoms with Crippen LogP contribution >= 0.6 is 0 Å². The van der Waals surface area contributed by atoms with Crippen molar-refractivity contribution in [1.82, 2.24) is 9.88 Å². The summed E-state index contributed by atoms with van der Waals surface area (Å²) < 4.78 is 19.3. The van der Waals surface area contributed by atoms with E-state index in [2.05, 4.69) is 17.2 Å². The van der Waals surface area contributed by atoms with Crippen LogP contribution in [-0.4, -0.2) is 41.2 Å². The molecule has 3 rings (SSSR count). The Hall–Kier alpha value is -2.47. The predicted octanol–water partition coefficient (Wildman–Crippen LogP) is 4.62. The number of pyridine rings is 1. The molecule has 1 fully saturated rings. The smallest absolute Gasteiger partial charge is 0.321 e. The van der Waals surface area contributed by atoms with Gasteiger partial charge in [-0.15, -0.1) is 0 Å². The van der Waals surface area contributed by atoms with Gasteiger partial charge in [-0.3, -0.25) is 4.98 Å². The number of rotatable bonds is 4. The quantitative estimate of drug-likeness (QED) is 0.853. The van der Waals surface area contributed by atoms with Gasteiger partial charge in [0.05, 0.1) is 11.8 Å². The summed E-state index contributed by atoms with van der Waals surface area (Å²) >= 11 is 0. The third kappa shape index (κ3) is 4.63. The summed E-state index contributed by atoms with van der Waals surface area (Å²) in [4.78, 5) is 18.4.